The lowest BCUT2D eigenvalue weighted by Crippen LogP contribution is -2.52. The first-order valence-electron chi connectivity index (χ1n) is 16.0. The number of oxazole rings is 2. The second-order valence-electron chi connectivity index (χ2n) is 13.5. The summed E-state index contributed by atoms with van der Waals surface area (Å²) in [6.07, 6.45) is -0.506. The van der Waals surface area contributed by atoms with Crippen LogP contribution in [0.1, 0.15) is 72.6 Å². The maximum Gasteiger partial charge on any atom is 0.275 e. The highest BCUT2D eigenvalue weighted by molar-refractivity contribution is 5.92. The predicted molar refractivity (Wildman–Crippen MR) is 173 cm³/mol. The van der Waals surface area contributed by atoms with E-state index < -0.39 is 41.6 Å². The van der Waals surface area contributed by atoms with Crippen molar-refractivity contribution in [2.75, 3.05) is 19.4 Å². The fourth-order valence-electron chi connectivity index (χ4n) is 6.72. The molecule has 13 nitrogen and oxygen atoms in total. The number of ether oxygens (including phenoxy) is 1. The second kappa shape index (κ2) is 11.5. The van der Waals surface area contributed by atoms with Gasteiger partial charge in [0.05, 0.1) is 0 Å². The van der Waals surface area contributed by atoms with Gasteiger partial charge in [-0.15, -0.1) is 0 Å². The Morgan fingerprint density at radius 1 is 1.06 bits per heavy atom. The number of para-hydroxylation sites is 1. The van der Waals surface area contributed by atoms with Crippen molar-refractivity contribution in [1.29, 1.82) is 0 Å². The molecule has 250 valence electrons. The van der Waals surface area contributed by atoms with Gasteiger partial charge in [0, 0.05) is 31.8 Å². The summed E-state index contributed by atoms with van der Waals surface area (Å²) in [5, 5.41) is 19.9. The van der Waals surface area contributed by atoms with E-state index >= 15 is 0 Å². The number of carbonyl (C=O) groups excluding carboxylic acids is 3. The monoisotopic (exact) mass is 654 g/mol. The number of hydrogen-bond donors (Lipinski definition) is 4. The summed E-state index contributed by atoms with van der Waals surface area (Å²) in [6, 6.07) is 11.7. The molecule has 0 radical (unpaired) electrons. The average molecular weight is 655 g/mol. The summed E-state index contributed by atoms with van der Waals surface area (Å²) < 4.78 is 19.3. The third kappa shape index (κ3) is 4.83. The van der Waals surface area contributed by atoms with E-state index in [-0.39, 0.29) is 47.3 Å². The maximum atomic E-state index is 14.0. The van der Waals surface area contributed by atoms with Crippen molar-refractivity contribution >= 4 is 23.4 Å². The summed E-state index contributed by atoms with van der Waals surface area (Å²) in [7, 11) is 3.25. The van der Waals surface area contributed by atoms with Crippen LogP contribution in [-0.2, 0) is 21.4 Å². The van der Waals surface area contributed by atoms with E-state index in [1.54, 1.807) is 27.9 Å². The average Bonchev–Trinajstić information content (AvgIpc) is 3.83. The van der Waals surface area contributed by atoms with Gasteiger partial charge in [-0.05, 0) is 35.1 Å². The molecule has 0 aliphatic carbocycles. The van der Waals surface area contributed by atoms with Crippen molar-refractivity contribution in [2.45, 2.75) is 63.9 Å². The number of nitrogens with one attached hydrogen (secondary N) is 3. The van der Waals surface area contributed by atoms with Crippen molar-refractivity contribution in [2.24, 2.45) is 11.8 Å². The largest absolute Gasteiger partial charge is 0.469 e. The Hall–Kier alpha value is -5.17. The highest BCUT2D eigenvalue weighted by Crippen LogP contribution is 2.59. The van der Waals surface area contributed by atoms with Gasteiger partial charge in [-0.25, -0.2) is 9.97 Å². The number of benzene rings is 2. The number of rotatable bonds is 6. The van der Waals surface area contributed by atoms with Crippen LogP contribution in [0.5, 0.6) is 5.75 Å². The molecule has 5 atom stereocenters. The number of amides is 3. The topological polar surface area (TPSA) is 172 Å². The van der Waals surface area contributed by atoms with Gasteiger partial charge in [0.2, 0.25) is 23.6 Å². The molecule has 4 aromatic rings. The molecule has 4 N–H and O–H groups in total. The number of hydrogen-bond acceptors (Lipinski definition) is 10. The normalized spacial score (nSPS) is 22.9. The molecular weight excluding hydrogens is 616 g/mol. The molecule has 1 unspecified atom stereocenters. The van der Waals surface area contributed by atoms with Crippen LogP contribution in [0, 0.1) is 11.8 Å². The van der Waals surface area contributed by atoms with Crippen molar-refractivity contribution in [3.05, 3.63) is 82.8 Å². The van der Waals surface area contributed by atoms with E-state index in [1.165, 1.54) is 11.2 Å². The smallest absolute Gasteiger partial charge is 0.275 e. The Balaban J connectivity index is 1.47. The number of carbonyl (C=O) groups is 3. The molecule has 7 rings (SSSR count). The molecule has 4 bridgehead atoms. The zero-order valence-electron chi connectivity index (χ0n) is 27.5. The lowest BCUT2D eigenvalue weighted by atomic mass is 9.72. The molecule has 0 saturated carbocycles. The Kier molecular flexibility index (Phi) is 7.54. The van der Waals surface area contributed by atoms with Crippen molar-refractivity contribution < 1.29 is 33.1 Å². The van der Waals surface area contributed by atoms with Crippen LogP contribution in [0.15, 0.2) is 57.6 Å². The van der Waals surface area contributed by atoms with E-state index in [4.69, 9.17) is 18.6 Å². The Morgan fingerprint density at radius 2 is 1.83 bits per heavy atom. The number of aromatic nitrogens is 2. The molecule has 48 heavy (non-hydrogen) atoms. The molecule has 2 aromatic carbocycles. The summed E-state index contributed by atoms with van der Waals surface area (Å²) in [6.45, 7) is 7.30. The van der Waals surface area contributed by atoms with Crippen molar-refractivity contribution in [3.63, 3.8) is 0 Å². The van der Waals surface area contributed by atoms with Crippen LogP contribution in [0.2, 0.25) is 0 Å². The maximum absolute atomic E-state index is 14.0. The SMILES string of the molecule is CC(C)[C@H](O)C(=O)N[C@H]1Cc2ccc3c(c2)[C@@]2(c4ccccc4NC2O3)c2oc(nc2-c2nc(C(=O)N(C)C)co2)[C@H](C(C)C)NC1=O. The van der Waals surface area contributed by atoms with Crippen LogP contribution in [0.25, 0.3) is 11.6 Å². The molecule has 5 heterocycles. The fraction of sp³-hybridized carbons (Fsp3) is 0.400. The number of anilines is 1. The van der Waals surface area contributed by atoms with Crippen LogP contribution in [0.3, 0.4) is 0 Å². The van der Waals surface area contributed by atoms with Crippen LogP contribution in [0.4, 0.5) is 5.69 Å². The van der Waals surface area contributed by atoms with Gasteiger partial charge >= 0.3 is 0 Å². The molecule has 2 aromatic heterocycles. The first-order valence-corrected chi connectivity index (χ1v) is 16.0. The predicted octanol–water partition coefficient (Wildman–Crippen LogP) is 3.38. The molecule has 3 aliphatic rings. The third-order valence-corrected chi connectivity index (χ3v) is 9.28. The lowest BCUT2D eigenvalue weighted by molar-refractivity contribution is -0.135. The van der Waals surface area contributed by atoms with Gasteiger partial charge in [0.1, 0.15) is 35.6 Å². The minimum absolute atomic E-state index is 0.0730. The Labute approximate surface area is 277 Å². The number of fused-ring (bicyclic) bond motifs is 4. The summed E-state index contributed by atoms with van der Waals surface area (Å²) in [5.74, 6) is -0.754. The lowest BCUT2D eigenvalue weighted by Gasteiger charge is -2.29. The van der Waals surface area contributed by atoms with Crippen molar-refractivity contribution in [1.82, 2.24) is 25.5 Å². The fourth-order valence-corrected chi connectivity index (χ4v) is 6.72. The Morgan fingerprint density at radius 3 is 2.56 bits per heavy atom. The molecule has 0 saturated heterocycles. The van der Waals surface area contributed by atoms with Gasteiger partial charge in [-0.2, -0.15) is 0 Å². The van der Waals surface area contributed by atoms with E-state index in [0.717, 1.165) is 22.4 Å². The number of nitrogens with zero attached hydrogens (tertiary/aromatic N) is 3. The van der Waals surface area contributed by atoms with Gasteiger partial charge in [-0.3, -0.25) is 14.4 Å². The van der Waals surface area contributed by atoms with Crippen molar-refractivity contribution in [3.8, 4) is 17.3 Å². The molecule has 3 aliphatic heterocycles. The van der Waals surface area contributed by atoms with Crippen LogP contribution >= 0.6 is 0 Å². The van der Waals surface area contributed by atoms with Crippen LogP contribution < -0.4 is 20.7 Å². The molecular formula is C35H38N6O7. The van der Waals surface area contributed by atoms with Gasteiger partial charge in [-0.1, -0.05) is 58.0 Å². The first-order chi connectivity index (χ1) is 22.9. The third-order valence-electron chi connectivity index (χ3n) is 9.28. The minimum Gasteiger partial charge on any atom is -0.469 e. The summed E-state index contributed by atoms with van der Waals surface area (Å²) in [5.41, 5.74) is 2.50. The summed E-state index contributed by atoms with van der Waals surface area (Å²) in [4.78, 5) is 50.8. The van der Waals surface area contributed by atoms with Gasteiger partial charge < -0.3 is 39.5 Å². The first kappa shape index (κ1) is 31.4. The molecule has 13 heteroatoms. The highest BCUT2D eigenvalue weighted by atomic mass is 16.5. The van der Waals surface area contributed by atoms with E-state index in [9.17, 15) is 19.5 Å². The zero-order chi connectivity index (χ0) is 34.1. The molecule has 0 fully saturated rings. The summed E-state index contributed by atoms with van der Waals surface area (Å²) >= 11 is 0. The van der Waals surface area contributed by atoms with Gasteiger partial charge in [0.25, 0.3) is 5.91 Å². The highest BCUT2D eigenvalue weighted by Gasteiger charge is 2.61. The molecule has 3 amide bonds. The minimum atomic E-state index is -1.29. The zero-order valence-corrected chi connectivity index (χ0v) is 27.5. The standard InChI is InChI=1S/C35H38N6O7/c1-16(2)25-32-40-26(31-37-23(15-46-31)33(45)41(5)6)28(48-32)35-19-9-7-8-10-21(19)38-34(35)47-24-12-11-18(13-20(24)35)14-22(29(43)39-25)36-30(44)27(42)17(3)4/h7-13,15-17,22,25,27,34,38,42H,14H2,1-6H3,(H,36,44)(H,39,43)/t22-,25-,27-,34?,35-/m0/s1. The van der Waals surface area contributed by atoms with E-state index in [0.29, 0.717) is 11.5 Å². The van der Waals surface area contributed by atoms with E-state index in [2.05, 4.69) is 20.9 Å². The van der Waals surface area contributed by atoms with E-state index in [1.807, 2.05) is 56.3 Å². The van der Waals surface area contributed by atoms with Crippen LogP contribution in [-0.4, -0.2) is 70.2 Å². The number of aliphatic hydroxyl groups is 1. The molecule has 1 spiro atoms. The number of aliphatic hydroxyl groups excluding tert-OH is 1. The Bertz CT molecular complexity index is 1930. The second-order valence-corrected chi connectivity index (χ2v) is 13.5. The quantitative estimate of drug-likeness (QED) is 0.242. The van der Waals surface area contributed by atoms with Gasteiger partial charge in [0.15, 0.2) is 23.4 Å².